The molecule has 1 unspecified atom stereocenters. The Morgan fingerprint density at radius 1 is 1.46 bits per heavy atom. The van der Waals surface area contributed by atoms with Crippen LogP contribution in [0.4, 0.5) is 0 Å². The molecule has 1 heterocycles. The second-order valence-electron chi connectivity index (χ2n) is 3.19. The van der Waals surface area contributed by atoms with Gasteiger partial charge in [0.25, 0.3) is 0 Å². The van der Waals surface area contributed by atoms with Gasteiger partial charge in [0.15, 0.2) is 0 Å². The molecule has 0 aromatic rings. The van der Waals surface area contributed by atoms with Crippen molar-refractivity contribution >= 4 is 11.8 Å². The molecule has 74 valence electrons. The number of hydrogen-bond acceptors (Lipinski definition) is 3. The first-order valence-electron chi connectivity index (χ1n) is 4.49. The van der Waals surface area contributed by atoms with Crippen LogP contribution in [-0.2, 0) is 9.59 Å². The van der Waals surface area contributed by atoms with Crippen molar-refractivity contribution in [3.05, 3.63) is 0 Å². The highest BCUT2D eigenvalue weighted by Gasteiger charge is 2.19. The molecule has 0 radical (unpaired) electrons. The highest BCUT2D eigenvalue weighted by Crippen LogP contribution is 2.06. The molecule has 1 aliphatic rings. The summed E-state index contributed by atoms with van der Waals surface area (Å²) >= 11 is 0. The summed E-state index contributed by atoms with van der Waals surface area (Å²) in [6, 6.07) is -0.145. The van der Waals surface area contributed by atoms with Crippen molar-refractivity contribution in [1.29, 1.82) is 0 Å². The molecule has 1 saturated heterocycles. The smallest absolute Gasteiger partial charge is 0.237 e. The molecule has 0 aromatic carbocycles. The van der Waals surface area contributed by atoms with Crippen molar-refractivity contribution in [2.45, 2.75) is 25.3 Å². The largest absolute Gasteiger partial charge is 0.368 e. The molecule has 5 heteroatoms. The summed E-state index contributed by atoms with van der Waals surface area (Å²) in [5, 5.41) is 5.55. The van der Waals surface area contributed by atoms with Gasteiger partial charge in [0.1, 0.15) is 0 Å². The van der Waals surface area contributed by atoms with E-state index in [0.29, 0.717) is 0 Å². The summed E-state index contributed by atoms with van der Waals surface area (Å²) in [5.41, 5.74) is 4.90. The molecule has 13 heavy (non-hydrogen) atoms. The molecule has 0 spiro atoms. The van der Waals surface area contributed by atoms with Gasteiger partial charge in [-0.05, 0) is 19.4 Å². The van der Waals surface area contributed by atoms with Crippen molar-refractivity contribution in [2.75, 3.05) is 13.1 Å². The Labute approximate surface area is 77.1 Å². The number of piperidine rings is 1. The number of nitrogens with one attached hydrogen (secondary N) is 2. The molecule has 1 aliphatic heterocycles. The predicted molar refractivity (Wildman–Crippen MR) is 47.8 cm³/mol. The number of carbonyl (C=O) groups excluding carboxylic acids is 2. The van der Waals surface area contributed by atoms with Gasteiger partial charge < -0.3 is 16.4 Å². The Kier molecular flexibility index (Phi) is 3.70. The van der Waals surface area contributed by atoms with Crippen molar-refractivity contribution in [3.63, 3.8) is 0 Å². The minimum absolute atomic E-state index is 0.0724. The van der Waals surface area contributed by atoms with Gasteiger partial charge in [0.05, 0.1) is 12.6 Å². The van der Waals surface area contributed by atoms with Gasteiger partial charge in [0.2, 0.25) is 11.8 Å². The van der Waals surface area contributed by atoms with Crippen LogP contribution in [0.2, 0.25) is 0 Å². The van der Waals surface area contributed by atoms with E-state index in [-0.39, 0.29) is 18.5 Å². The number of rotatable bonds is 3. The minimum Gasteiger partial charge on any atom is -0.368 e. The number of carbonyl (C=O) groups is 2. The standard InChI is InChI=1S/C8H15N3O2/c9-7(12)5-11-8(13)6-3-1-2-4-10-6/h6,10H,1-5H2,(H2,9,12)(H,11,13). The van der Waals surface area contributed by atoms with Gasteiger partial charge in [-0.15, -0.1) is 0 Å². The fourth-order valence-corrected chi connectivity index (χ4v) is 1.37. The predicted octanol–water partition coefficient (Wildman–Crippen LogP) is -1.27. The van der Waals surface area contributed by atoms with Crippen molar-refractivity contribution in [2.24, 2.45) is 5.73 Å². The van der Waals surface area contributed by atoms with Gasteiger partial charge in [0, 0.05) is 0 Å². The number of primary amides is 1. The molecule has 5 nitrogen and oxygen atoms in total. The fraction of sp³-hybridized carbons (Fsp3) is 0.750. The van der Waals surface area contributed by atoms with Crippen LogP contribution in [-0.4, -0.2) is 30.9 Å². The first-order valence-corrected chi connectivity index (χ1v) is 4.49. The number of nitrogens with two attached hydrogens (primary N) is 1. The second-order valence-corrected chi connectivity index (χ2v) is 3.19. The molecule has 0 aromatic heterocycles. The van der Waals surface area contributed by atoms with E-state index in [2.05, 4.69) is 10.6 Å². The van der Waals surface area contributed by atoms with Crippen LogP contribution in [0.15, 0.2) is 0 Å². The van der Waals surface area contributed by atoms with E-state index in [9.17, 15) is 9.59 Å². The van der Waals surface area contributed by atoms with E-state index in [0.717, 1.165) is 25.8 Å². The zero-order valence-electron chi connectivity index (χ0n) is 7.51. The van der Waals surface area contributed by atoms with E-state index >= 15 is 0 Å². The molecule has 4 N–H and O–H groups in total. The fourth-order valence-electron chi connectivity index (χ4n) is 1.37. The Hall–Kier alpha value is -1.10. The second kappa shape index (κ2) is 4.81. The topological polar surface area (TPSA) is 84.2 Å². The molecule has 0 saturated carbocycles. The Morgan fingerprint density at radius 2 is 2.23 bits per heavy atom. The van der Waals surface area contributed by atoms with Gasteiger partial charge in [-0.2, -0.15) is 0 Å². The maximum atomic E-state index is 11.3. The first kappa shape index (κ1) is 9.98. The zero-order chi connectivity index (χ0) is 9.68. The molecule has 2 amide bonds. The Bertz CT molecular complexity index is 200. The normalized spacial score (nSPS) is 22.3. The molecular weight excluding hydrogens is 170 g/mol. The van der Waals surface area contributed by atoms with E-state index in [4.69, 9.17) is 5.73 Å². The van der Waals surface area contributed by atoms with Crippen molar-refractivity contribution < 1.29 is 9.59 Å². The quantitative estimate of drug-likeness (QED) is 0.512. The number of amides is 2. The lowest BCUT2D eigenvalue weighted by atomic mass is 10.0. The maximum Gasteiger partial charge on any atom is 0.237 e. The van der Waals surface area contributed by atoms with Gasteiger partial charge in [-0.1, -0.05) is 6.42 Å². The average molecular weight is 185 g/mol. The average Bonchev–Trinajstić information content (AvgIpc) is 2.15. The summed E-state index contributed by atoms with van der Waals surface area (Å²) in [6.07, 6.45) is 3.01. The van der Waals surface area contributed by atoms with Crippen LogP contribution in [0.25, 0.3) is 0 Å². The van der Waals surface area contributed by atoms with Crippen LogP contribution in [0.5, 0.6) is 0 Å². The van der Waals surface area contributed by atoms with Gasteiger partial charge in [-0.3, -0.25) is 9.59 Å². The van der Waals surface area contributed by atoms with Crippen LogP contribution < -0.4 is 16.4 Å². The summed E-state index contributed by atoms with van der Waals surface area (Å²) in [7, 11) is 0. The Morgan fingerprint density at radius 3 is 2.77 bits per heavy atom. The van der Waals surface area contributed by atoms with Crippen LogP contribution in [0, 0.1) is 0 Å². The van der Waals surface area contributed by atoms with Crippen LogP contribution >= 0.6 is 0 Å². The zero-order valence-corrected chi connectivity index (χ0v) is 7.51. The minimum atomic E-state index is -0.510. The Balaban J connectivity index is 2.25. The SMILES string of the molecule is NC(=O)CNC(=O)C1CCCCN1. The summed E-state index contributed by atoms with van der Waals surface area (Å²) in [5.74, 6) is -0.636. The van der Waals surface area contributed by atoms with E-state index in [1.165, 1.54) is 0 Å². The lowest BCUT2D eigenvalue weighted by molar-refractivity contribution is -0.126. The van der Waals surface area contributed by atoms with E-state index < -0.39 is 5.91 Å². The molecule has 1 rings (SSSR count). The summed E-state index contributed by atoms with van der Waals surface area (Å²) in [6.45, 7) is 0.797. The molecule has 1 atom stereocenters. The third-order valence-electron chi connectivity index (χ3n) is 2.06. The van der Waals surface area contributed by atoms with Gasteiger partial charge >= 0.3 is 0 Å². The molecule has 1 fully saturated rings. The van der Waals surface area contributed by atoms with Gasteiger partial charge in [-0.25, -0.2) is 0 Å². The van der Waals surface area contributed by atoms with E-state index in [1.54, 1.807) is 0 Å². The lowest BCUT2D eigenvalue weighted by Gasteiger charge is -2.22. The summed E-state index contributed by atoms with van der Waals surface area (Å²) < 4.78 is 0. The van der Waals surface area contributed by atoms with Crippen molar-refractivity contribution in [1.82, 2.24) is 10.6 Å². The monoisotopic (exact) mass is 185 g/mol. The molecular formula is C8H15N3O2. The van der Waals surface area contributed by atoms with Crippen LogP contribution in [0.3, 0.4) is 0 Å². The highest BCUT2D eigenvalue weighted by molar-refractivity contribution is 5.86. The molecule has 0 aliphatic carbocycles. The maximum absolute atomic E-state index is 11.3. The third-order valence-corrected chi connectivity index (χ3v) is 2.06. The first-order chi connectivity index (χ1) is 6.20. The summed E-state index contributed by atoms with van der Waals surface area (Å²) in [4.78, 5) is 21.7. The third kappa shape index (κ3) is 3.42. The number of hydrogen-bond donors (Lipinski definition) is 3. The molecule has 0 bridgehead atoms. The highest BCUT2D eigenvalue weighted by atomic mass is 16.2. The van der Waals surface area contributed by atoms with Crippen LogP contribution in [0.1, 0.15) is 19.3 Å². The van der Waals surface area contributed by atoms with E-state index in [1.807, 2.05) is 0 Å². The van der Waals surface area contributed by atoms with Crippen molar-refractivity contribution in [3.8, 4) is 0 Å². The lowest BCUT2D eigenvalue weighted by Crippen LogP contribution is -2.48.